The lowest BCUT2D eigenvalue weighted by molar-refractivity contribution is -0.984. The Hall–Kier alpha value is -1.27. The first-order valence-corrected chi connectivity index (χ1v) is 3.80. The maximum atomic E-state index is 11.1. The average molecular weight is 187 g/mol. The maximum Gasteiger partial charge on any atom is 0.354 e. The lowest BCUT2D eigenvalue weighted by Crippen LogP contribution is -2.61. The summed E-state index contributed by atoms with van der Waals surface area (Å²) in [5.41, 5.74) is 0. The summed E-state index contributed by atoms with van der Waals surface area (Å²) < 4.78 is -1.65. The van der Waals surface area contributed by atoms with Gasteiger partial charge in [-0.1, -0.05) is 4.65 Å². The lowest BCUT2D eigenvalue weighted by atomic mass is 10.3. The van der Waals surface area contributed by atoms with Gasteiger partial charge in [0.25, 0.3) is 0 Å². The highest BCUT2D eigenvalue weighted by atomic mass is 16.6. The van der Waals surface area contributed by atoms with Crippen LogP contribution in [-0.2, 0) is 14.4 Å². The minimum Gasteiger partial charge on any atom is -0.544 e. The number of carbonyl (C=O) groups excluding carboxylic acids is 3. The highest BCUT2D eigenvalue weighted by molar-refractivity contribution is 5.93. The Morgan fingerprint density at radius 3 is 2.15 bits per heavy atom. The number of aliphatic carboxylic acids is 1. The number of imide groups is 1. The van der Waals surface area contributed by atoms with Crippen LogP contribution in [0.1, 0.15) is 19.8 Å². The first-order valence-electron chi connectivity index (χ1n) is 3.80. The van der Waals surface area contributed by atoms with E-state index < -0.39 is 28.5 Å². The molecule has 6 heteroatoms. The second-order valence-electron chi connectivity index (χ2n) is 2.97. The standard InChI is InChI=1S/C7H9NO5/c1-4(7(11)12)8(13)5(9)2-3-6(8)10/h4,13H,2-3H2,1H3. The van der Waals surface area contributed by atoms with Gasteiger partial charge in [0.15, 0.2) is 6.04 Å². The average Bonchev–Trinajstić information content (AvgIpc) is 2.32. The van der Waals surface area contributed by atoms with E-state index in [1.165, 1.54) is 0 Å². The summed E-state index contributed by atoms with van der Waals surface area (Å²) in [4.78, 5) is 32.5. The molecule has 0 bridgehead atoms. The number of quaternary nitrogens is 1. The minimum atomic E-state index is -1.65. The third-order valence-electron chi connectivity index (χ3n) is 2.21. The molecule has 1 saturated heterocycles. The molecule has 6 nitrogen and oxygen atoms in total. The number of amides is 2. The summed E-state index contributed by atoms with van der Waals surface area (Å²) in [6.45, 7) is 1.07. The van der Waals surface area contributed by atoms with Crippen LogP contribution in [0.25, 0.3) is 0 Å². The molecule has 0 aromatic heterocycles. The number of hydroxylamine groups is 3. The van der Waals surface area contributed by atoms with Gasteiger partial charge in [-0.05, 0) is 6.92 Å². The topological polar surface area (TPSA) is 94.5 Å². The van der Waals surface area contributed by atoms with Crippen LogP contribution >= 0.6 is 0 Å². The van der Waals surface area contributed by atoms with Gasteiger partial charge >= 0.3 is 11.8 Å². The van der Waals surface area contributed by atoms with Gasteiger partial charge in [-0.15, -0.1) is 0 Å². The van der Waals surface area contributed by atoms with Crippen LogP contribution in [0.5, 0.6) is 0 Å². The lowest BCUT2D eigenvalue weighted by Gasteiger charge is -2.26. The monoisotopic (exact) mass is 187 g/mol. The van der Waals surface area contributed by atoms with E-state index in [0.29, 0.717) is 0 Å². The molecule has 1 aliphatic rings. The fourth-order valence-electron chi connectivity index (χ4n) is 1.28. The van der Waals surface area contributed by atoms with Crippen LogP contribution in [0.3, 0.4) is 0 Å². The van der Waals surface area contributed by atoms with Gasteiger partial charge in [-0.25, -0.2) is 14.8 Å². The van der Waals surface area contributed by atoms with Gasteiger partial charge in [-0.3, -0.25) is 0 Å². The Labute approximate surface area is 73.9 Å². The molecule has 0 radical (unpaired) electrons. The highest BCUT2D eigenvalue weighted by Crippen LogP contribution is 2.23. The molecule has 1 aliphatic heterocycles. The fraction of sp³-hybridized carbons (Fsp3) is 0.571. The van der Waals surface area contributed by atoms with Crippen molar-refractivity contribution in [1.29, 1.82) is 0 Å². The quantitative estimate of drug-likeness (QED) is 0.312. The SMILES string of the molecule is CC(C(=O)[O-])[N+]1(O)C(=O)CCC1=O. The summed E-state index contributed by atoms with van der Waals surface area (Å²) in [7, 11) is 0. The molecule has 1 fully saturated rings. The molecule has 13 heavy (non-hydrogen) atoms. The molecule has 1 unspecified atom stereocenters. The van der Waals surface area contributed by atoms with Crippen LogP contribution in [0, 0.1) is 0 Å². The molecule has 2 amide bonds. The number of rotatable bonds is 2. The number of hydrogen-bond donors (Lipinski definition) is 1. The molecule has 72 valence electrons. The Kier molecular flexibility index (Phi) is 2.19. The fourth-order valence-corrected chi connectivity index (χ4v) is 1.28. The molecular weight excluding hydrogens is 178 g/mol. The van der Waals surface area contributed by atoms with E-state index in [4.69, 9.17) is 0 Å². The normalized spacial score (nSPS) is 23.2. The van der Waals surface area contributed by atoms with Crippen molar-refractivity contribution in [2.75, 3.05) is 0 Å². The van der Waals surface area contributed by atoms with Gasteiger partial charge in [0.2, 0.25) is 0 Å². The third-order valence-corrected chi connectivity index (χ3v) is 2.21. The second kappa shape index (κ2) is 2.90. The van der Waals surface area contributed by atoms with Gasteiger partial charge in [0.05, 0.1) is 12.8 Å². The molecular formula is C7H9NO5. The third kappa shape index (κ3) is 1.24. The van der Waals surface area contributed by atoms with Crippen molar-refractivity contribution < 1.29 is 29.3 Å². The van der Waals surface area contributed by atoms with Crippen molar-refractivity contribution in [1.82, 2.24) is 0 Å². The second-order valence-corrected chi connectivity index (χ2v) is 2.97. The Balaban J connectivity index is 3.04. The first kappa shape index (κ1) is 9.82. The minimum absolute atomic E-state index is 0.118. The van der Waals surface area contributed by atoms with Crippen LogP contribution in [0.2, 0.25) is 0 Å². The predicted molar refractivity (Wildman–Crippen MR) is 35.8 cm³/mol. The Morgan fingerprint density at radius 1 is 1.46 bits per heavy atom. The van der Waals surface area contributed by atoms with Gasteiger partial charge in [-0.2, -0.15) is 0 Å². The zero-order valence-electron chi connectivity index (χ0n) is 7.02. The van der Waals surface area contributed by atoms with E-state index in [0.717, 1.165) is 6.92 Å². The van der Waals surface area contributed by atoms with E-state index in [2.05, 4.69) is 0 Å². The first-order chi connectivity index (χ1) is 5.90. The van der Waals surface area contributed by atoms with Crippen molar-refractivity contribution in [2.24, 2.45) is 0 Å². The van der Waals surface area contributed by atoms with Crippen LogP contribution in [0.4, 0.5) is 0 Å². The summed E-state index contributed by atoms with van der Waals surface area (Å²) in [6.07, 6.45) is -0.236. The molecule has 1 N–H and O–H groups in total. The molecule has 0 spiro atoms. The van der Waals surface area contributed by atoms with Gasteiger partial charge in [0.1, 0.15) is 5.97 Å². The molecule has 0 saturated carbocycles. The smallest absolute Gasteiger partial charge is 0.354 e. The van der Waals surface area contributed by atoms with Crippen molar-refractivity contribution in [3.05, 3.63) is 0 Å². The largest absolute Gasteiger partial charge is 0.544 e. The summed E-state index contributed by atoms with van der Waals surface area (Å²) in [5.74, 6) is -3.20. The maximum absolute atomic E-state index is 11.1. The zero-order valence-corrected chi connectivity index (χ0v) is 7.02. The van der Waals surface area contributed by atoms with E-state index in [9.17, 15) is 24.7 Å². The van der Waals surface area contributed by atoms with Crippen LogP contribution < -0.4 is 5.11 Å². The van der Waals surface area contributed by atoms with Crippen molar-refractivity contribution >= 4 is 17.8 Å². The number of carbonyl (C=O) groups is 3. The highest BCUT2D eigenvalue weighted by Gasteiger charge is 2.54. The zero-order chi connectivity index (χ0) is 10.2. The molecule has 0 aromatic carbocycles. The Morgan fingerprint density at radius 2 is 1.85 bits per heavy atom. The van der Waals surface area contributed by atoms with Gasteiger partial charge in [0, 0.05) is 0 Å². The van der Waals surface area contributed by atoms with Crippen molar-refractivity contribution in [3.63, 3.8) is 0 Å². The summed E-state index contributed by atoms with van der Waals surface area (Å²) in [5, 5.41) is 19.9. The van der Waals surface area contributed by atoms with E-state index in [1.54, 1.807) is 0 Å². The van der Waals surface area contributed by atoms with Gasteiger partial charge < -0.3 is 9.90 Å². The van der Waals surface area contributed by atoms with E-state index in [-0.39, 0.29) is 12.8 Å². The molecule has 0 aromatic rings. The number of likely N-dealkylation sites (tertiary alicyclic amines) is 1. The van der Waals surface area contributed by atoms with Crippen molar-refractivity contribution in [2.45, 2.75) is 25.8 Å². The van der Waals surface area contributed by atoms with Crippen LogP contribution in [0.15, 0.2) is 0 Å². The van der Waals surface area contributed by atoms with E-state index >= 15 is 0 Å². The molecule has 0 aliphatic carbocycles. The molecule has 1 heterocycles. The number of carboxylic acids is 1. The number of hydrogen-bond acceptors (Lipinski definition) is 5. The number of carboxylic acid groups (broad SMARTS) is 1. The molecule has 1 atom stereocenters. The predicted octanol–water partition coefficient (Wildman–Crippen LogP) is -1.82. The Bertz CT molecular complexity index is 269. The van der Waals surface area contributed by atoms with Crippen LogP contribution in [-0.4, -0.2) is 33.7 Å². The molecule has 1 rings (SSSR count). The summed E-state index contributed by atoms with van der Waals surface area (Å²) in [6, 6.07) is -1.54. The number of nitrogens with zero attached hydrogens (tertiary/aromatic N) is 1. The van der Waals surface area contributed by atoms with Crippen molar-refractivity contribution in [3.8, 4) is 0 Å². The van der Waals surface area contributed by atoms with E-state index in [1.807, 2.05) is 0 Å². The summed E-state index contributed by atoms with van der Waals surface area (Å²) >= 11 is 0.